The third kappa shape index (κ3) is 1.44. The van der Waals surface area contributed by atoms with Crippen LogP contribution in [0.5, 0.6) is 0 Å². The van der Waals surface area contributed by atoms with Crippen LogP contribution in [0.1, 0.15) is 0 Å². The smallest absolute Gasteiger partial charge is 0.239 e. The third-order valence-electron chi connectivity index (χ3n) is 2.50. The van der Waals surface area contributed by atoms with Crippen molar-refractivity contribution in [2.45, 2.75) is 0 Å². The van der Waals surface area contributed by atoms with E-state index in [-0.39, 0.29) is 12.5 Å². The van der Waals surface area contributed by atoms with Crippen LogP contribution >= 0.6 is 0 Å². The maximum Gasteiger partial charge on any atom is 0.239 e. The van der Waals surface area contributed by atoms with E-state index in [9.17, 15) is 4.79 Å². The number of rotatable bonds is 2. The molecule has 0 aliphatic carbocycles. The van der Waals surface area contributed by atoms with Gasteiger partial charge in [0.25, 0.3) is 0 Å². The number of nitrogens with zero attached hydrogens (tertiary/aromatic N) is 3. The number of aromatic nitrogens is 4. The molecule has 0 unspecified atom stereocenters. The molecule has 3 heterocycles. The van der Waals surface area contributed by atoms with E-state index < -0.39 is 0 Å². The summed E-state index contributed by atoms with van der Waals surface area (Å²) in [4.78, 5) is 22.7. The van der Waals surface area contributed by atoms with Crippen molar-refractivity contribution in [3.05, 3.63) is 24.7 Å². The van der Waals surface area contributed by atoms with E-state index in [4.69, 9.17) is 5.73 Å². The van der Waals surface area contributed by atoms with Crippen molar-refractivity contribution < 1.29 is 4.79 Å². The molecule has 0 atom stereocenters. The molecule has 7 nitrogen and oxygen atoms in total. The Balaban J connectivity index is 2.24. The van der Waals surface area contributed by atoms with E-state index in [2.05, 4.69) is 20.3 Å². The highest BCUT2D eigenvalue weighted by Crippen LogP contribution is 2.18. The van der Waals surface area contributed by atoms with Gasteiger partial charge in [-0.05, 0) is 6.07 Å². The lowest BCUT2D eigenvalue weighted by molar-refractivity contribution is -0.114. The summed E-state index contributed by atoms with van der Waals surface area (Å²) in [6, 6.07) is 1.87. The van der Waals surface area contributed by atoms with E-state index in [1.807, 2.05) is 10.5 Å². The molecule has 0 saturated heterocycles. The zero-order chi connectivity index (χ0) is 11.8. The first kappa shape index (κ1) is 9.79. The second-order valence-corrected chi connectivity index (χ2v) is 3.56. The van der Waals surface area contributed by atoms with E-state index in [1.54, 1.807) is 18.6 Å². The monoisotopic (exact) mass is 230 g/mol. The van der Waals surface area contributed by atoms with Crippen molar-refractivity contribution in [3.8, 4) is 0 Å². The number of nitrogens with two attached hydrogens (primary N) is 1. The first-order valence-corrected chi connectivity index (χ1v) is 5.09. The summed E-state index contributed by atoms with van der Waals surface area (Å²) in [5, 5.41) is 2.69. The number of fused-ring (bicyclic) bond motifs is 3. The van der Waals surface area contributed by atoms with E-state index >= 15 is 0 Å². The molecule has 7 heteroatoms. The molecule has 0 saturated carbocycles. The number of imidazole rings is 1. The number of amides is 1. The van der Waals surface area contributed by atoms with Crippen LogP contribution in [0.4, 0.5) is 5.82 Å². The SMILES string of the molecule is NCC(=O)Nc1cnc2cnc3[nH]ccc3n12. The Kier molecular flexibility index (Phi) is 2.05. The highest BCUT2D eigenvalue weighted by Gasteiger charge is 2.10. The molecule has 4 N–H and O–H groups in total. The van der Waals surface area contributed by atoms with Gasteiger partial charge < -0.3 is 16.0 Å². The lowest BCUT2D eigenvalue weighted by atomic mass is 10.5. The molecular weight excluding hydrogens is 220 g/mol. The molecule has 0 bridgehead atoms. The van der Waals surface area contributed by atoms with Gasteiger partial charge in [-0.1, -0.05) is 0 Å². The lowest BCUT2D eigenvalue weighted by Crippen LogP contribution is -2.22. The van der Waals surface area contributed by atoms with Gasteiger partial charge in [-0.25, -0.2) is 9.97 Å². The Labute approximate surface area is 95.7 Å². The van der Waals surface area contributed by atoms with Gasteiger partial charge in [0, 0.05) is 6.20 Å². The molecule has 0 aromatic carbocycles. The van der Waals surface area contributed by atoms with Gasteiger partial charge in [0.1, 0.15) is 5.82 Å². The first-order chi connectivity index (χ1) is 8.29. The minimum Gasteiger partial charge on any atom is -0.345 e. The maximum absolute atomic E-state index is 11.3. The van der Waals surface area contributed by atoms with Crippen LogP contribution in [0.25, 0.3) is 16.8 Å². The lowest BCUT2D eigenvalue weighted by Gasteiger charge is -2.03. The molecule has 0 aliphatic heterocycles. The van der Waals surface area contributed by atoms with Crippen molar-refractivity contribution in [2.75, 3.05) is 11.9 Å². The largest absolute Gasteiger partial charge is 0.345 e. The van der Waals surface area contributed by atoms with Gasteiger partial charge >= 0.3 is 0 Å². The number of nitrogens with one attached hydrogen (secondary N) is 2. The van der Waals surface area contributed by atoms with Crippen LogP contribution in [0.2, 0.25) is 0 Å². The fourth-order valence-electron chi connectivity index (χ4n) is 1.75. The van der Waals surface area contributed by atoms with Crippen molar-refractivity contribution in [1.29, 1.82) is 0 Å². The Bertz CT molecular complexity index is 697. The molecule has 86 valence electrons. The fraction of sp³-hybridized carbons (Fsp3) is 0.100. The molecule has 3 aromatic rings. The zero-order valence-electron chi connectivity index (χ0n) is 8.84. The molecule has 1 amide bonds. The molecule has 0 radical (unpaired) electrons. The second kappa shape index (κ2) is 3.56. The summed E-state index contributed by atoms with van der Waals surface area (Å²) < 4.78 is 1.81. The normalized spacial score (nSPS) is 11.1. The minimum atomic E-state index is -0.257. The van der Waals surface area contributed by atoms with Crippen molar-refractivity contribution in [2.24, 2.45) is 5.73 Å². The summed E-state index contributed by atoms with van der Waals surface area (Å²) in [5.74, 6) is 0.328. The predicted molar refractivity (Wildman–Crippen MR) is 62.5 cm³/mol. The molecule has 3 aromatic heterocycles. The summed E-state index contributed by atoms with van der Waals surface area (Å²) in [6.45, 7) is -0.0609. The van der Waals surface area contributed by atoms with Gasteiger partial charge in [-0.3, -0.25) is 9.20 Å². The van der Waals surface area contributed by atoms with Crippen LogP contribution in [0.15, 0.2) is 24.7 Å². The summed E-state index contributed by atoms with van der Waals surface area (Å²) in [7, 11) is 0. The Morgan fingerprint density at radius 3 is 3.18 bits per heavy atom. The van der Waals surface area contributed by atoms with Gasteiger partial charge in [-0.2, -0.15) is 0 Å². The van der Waals surface area contributed by atoms with Crippen molar-refractivity contribution >= 4 is 28.5 Å². The van der Waals surface area contributed by atoms with Crippen molar-refractivity contribution in [3.63, 3.8) is 0 Å². The quantitative estimate of drug-likeness (QED) is 0.581. The maximum atomic E-state index is 11.3. The van der Waals surface area contributed by atoms with E-state index in [1.165, 1.54) is 0 Å². The van der Waals surface area contributed by atoms with Crippen LogP contribution in [0, 0.1) is 0 Å². The van der Waals surface area contributed by atoms with Gasteiger partial charge in [0.05, 0.1) is 24.5 Å². The number of hydrogen-bond acceptors (Lipinski definition) is 4. The summed E-state index contributed by atoms with van der Waals surface area (Å²) >= 11 is 0. The fourth-order valence-corrected chi connectivity index (χ4v) is 1.75. The van der Waals surface area contributed by atoms with Gasteiger partial charge in [0.15, 0.2) is 11.3 Å². The first-order valence-electron chi connectivity index (χ1n) is 5.09. The second-order valence-electron chi connectivity index (χ2n) is 3.56. The van der Waals surface area contributed by atoms with Crippen LogP contribution in [0.3, 0.4) is 0 Å². The van der Waals surface area contributed by atoms with Crippen LogP contribution in [-0.2, 0) is 4.79 Å². The van der Waals surface area contributed by atoms with Crippen LogP contribution in [-0.4, -0.2) is 31.8 Å². The number of anilines is 1. The van der Waals surface area contributed by atoms with E-state index in [0.717, 1.165) is 11.2 Å². The van der Waals surface area contributed by atoms with Gasteiger partial charge in [-0.15, -0.1) is 0 Å². The Morgan fingerprint density at radius 2 is 2.35 bits per heavy atom. The highest BCUT2D eigenvalue weighted by molar-refractivity contribution is 5.92. The zero-order valence-corrected chi connectivity index (χ0v) is 8.84. The minimum absolute atomic E-state index is 0.0609. The topological polar surface area (TPSA) is 101 Å². The number of hydrogen-bond donors (Lipinski definition) is 3. The molecule has 0 fully saturated rings. The highest BCUT2D eigenvalue weighted by atomic mass is 16.1. The number of carbonyl (C=O) groups excluding carboxylic acids is 1. The third-order valence-corrected chi connectivity index (χ3v) is 2.50. The number of aromatic amines is 1. The molecule has 0 aliphatic rings. The molecule has 17 heavy (non-hydrogen) atoms. The Hall–Kier alpha value is -2.41. The standard InChI is InChI=1S/C10H10N6O/c11-3-9(17)15-8-5-13-7-4-14-10-6(16(7)8)1-2-12-10/h1-2,4-5,12H,3,11H2,(H,15,17). The Morgan fingerprint density at radius 1 is 1.47 bits per heavy atom. The average Bonchev–Trinajstić information content (AvgIpc) is 2.94. The van der Waals surface area contributed by atoms with Crippen LogP contribution < -0.4 is 11.1 Å². The molecule has 3 rings (SSSR count). The molecular formula is C10H10N6O. The van der Waals surface area contributed by atoms with E-state index in [0.29, 0.717) is 11.5 Å². The number of H-pyrrole nitrogens is 1. The summed E-state index contributed by atoms with van der Waals surface area (Å²) in [6.07, 6.45) is 5.00. The average molecular weight is 230 g/mol. The molecule has 0 spiro atoms. The van der Waals surface area contributed by atoms with Crippen molar-refractivity contribution in [1.82, 2.24) is 19.4 Å². The van der Waals surface area contributed by atoms with Gasteiger partial charge in [0.2, 0.25) is 5.91 Å². The number of carbonyl (C=O) groups is 1. The summed E-state index contributed by atoms with van der Waals surface area (Å²) in [5.41, 5.74) is 7.52. The predicted octanol–water partition coefficient (Wildman–Crippen LogP) is 0.108.